The van der Waals surface area contributed by atoms with E-state index in [0.717, 1.165) is 28.0 Å². The van der Waals surface area contributed by atoms with Crippen LogP contribution in [0, 0.1) is 0 Å². The molecule has 4 aromatic rings. The first-order chi connectivity index (χ1) is 15.0. The number of rotatable bonds is 7. The summed E-state index contributed by atoms with van der Waals surface area (Å²) in [4.78, 5) is 36.3. The van der Waals surface area contributed by atoms with Gasteiger partial charge in [0.2, 0.25) is 0 Å². The Bertz CT molecular complexity index is 1220. The lowest BCUT2D eigenvalue weighted by atomic mass is 10.2. The molecule has 0 spiro atoms. The molecule has 158 valence electrons. The Hall–Kier alpha value is -3.72. The molecule has 0 saturated heterocycles. The molecule has 0 bridgehead atoms. The van der Waals surface area contributed by atoms with Gasteiger partial charge in [-0.15, -0.1) is 11.3 Å². The van der Waals surface area contributed by atoms with Gasteiger partial charge in [0.05, 0.1) is 35.2 Å². The monoisotopic (exact) mass is 436 g/mol. The number of hydrogen-bond acceptors (Lipinski definition) is 7. The minimum atomic E-state index is -0.984. The molecule has 31 heavy (non-hydrogen) atoms. The zero-order chi connectivity index (χ0) is 21.8. The molecule has 1 unspecified atom stereocenters. The van der Waals surface area contributed by atoms with Crippen molar-refractivity contribution in [1.82, 2.24) is 15.0 Å². The van der Waals surface area contributed by atoms with Crippen LogP contribution in [-0.4, -0.2) is 39.5 Å². The predicted octanol–water partition coefficient (Wildman–Crippen LogP) is 4.27. The van der Waals surface area contributed by atoms with Gasteiger partial charge < -0.3 is 14.5 Å². The number of hydrogen-bond donors (Lipinski definition) is 2. The highest BCUT2D eigenvalue weighted by molar-refractivity contribution is 7.14. The fourth-order valence-corrected chi connectivity index (χ4v) is 3.63. The van der Waals surface area contributed by atoms with E-state index in [0.29, 0.717) is 17.3 Å². The van der Waals surface area contributed by atoms with Crippen molar-refractivity contribution >= 4 is 39.4 Å². The molecule has 4 rings (SSSR count). The molecule has 0 fully saturated rings. The number of ether oxygens (including phenoxy) is 2. The lowest BCUT2D eigenvalue weighted by molar-refractivity contribution is -0.123. The second-order valence-corrected chi connectivity index (χ2v) is 7.52. The molecule has 0 radical (unpaired) electrons. The molecule has 1 atom stereocenters. The van der Waals surface area contributed by atoms with Gasteiger partial charge in [-0.2, -0.15) is 0 Å². The van der Waals surface area contributed by atoms with Crippen molar-refractivity contribution in [3.63, 3.8) is 0 Å². The van der Waals surface area contributed by atoms with Gasteiger partial charge in [0, 0.05) is 10.9 Å². The van der Waals surface area contributed by atoms with Gasteiger partial charge in [0.1, 0.15) is 5.75 Å². The molecule has 2 aromatic carbocycles. The van der Waals surface area contributed by atoms with E-state index in [1.165, 1.54) is 18.3 Å². The predicted molar refractivity (Wildman–Crippen MR) is 118 cm³/mol. The van der Waals surface area contributed by atoms with Crippen LogP contribution in [-0.2, 0) is 9.53 Å². The molecule has 1 amide bonds. The molecule has 0 aliphatic heterocycles. The van der Waals surface area contributed by atoms with E-state index in [4.69, 9.17) is 9.47 Å². The number of carbonyl (C=O) groups is 2. The minimum Gasteiger partial charge on any atom is -0.494 e. The molecule has 0 aliphatic carbocycles. The van der Waals surface area contributed by atoms with Crippen molar-refractivity contribution in [2.45, 2.75) is 20.0 Å². The van der Waals surface area contributed by atoms with Gasteiger partial charge in [-0.3, -0.25) is 10.1 Å². The van der Waals surface area contributed by atoms with Gasteiger partial charge in [-0.05, 0) is 56.3 Å². The molecule has 9 heteroatoms. The fourth-order valence-electron chi connectivity index (χ4n) is 2.90. The Balaban J connectivity index is 1.37. The highest BCUT2D eigenvalue weighted by Crippen LogP contribution is 2.26. The van der Waals surface area contributed by atoms with Crippen LogP contribution in [0.15, 0.2) is 54.2 Å². The van der Waals surface area contributed by atoms with Crippen LogP contribution in [0.4, 0.5) is 5.13 Å². The number of nitrogens with one attached hydrogen (secondary N) is 2. The van der Waals surface area contributed by atoms with Gasteiger partial charge in [0.15, 0.2) is 11.2 Å². The Morgan fingerprint density at radius 2 is 2.00 bits per heavy atom. The molecule has 0 saturated carbocycles. The van der Waals surface area contributed by atoms with Crippen molar-refractivity contribution in [2.24, 2.45) is 0 Å². The number of H-pyrrole nitrogens is 1. The summed E-state index contributed by atoms with van der Waals surface area (Å²) in [5.41, 5.74) is 3.45. The normalized spacial score (nSPS) is 11.8. The summed E-state index contributed by atoms with van der Waals surface area (Å²) >= 11 is 1.30. The SMILES string of the molecule is CCOc1ccc(-c2csc(NC(=O)C(C)OC(=O)c3ccc4nc[nH]c4c3)n2)cc1. The van der Waals surface area contributed by atoms with Crippen LogP contribution in [0.25, 0.3) is 22.3 Å². The standard InChI is InChI=1S/C22H20N4O4S/c1-3-29-16-7-4-14(5-8-16)19-11-31-22(25-19)26-20(27)13(2)30-21(28)15-6-9-17-18(10-15)24-12-23-17/h4-13H,3H2,1-2H3,(H,23,24)(H,25,26,27). The van der Waals surface area contributed by atoms with Crippen LogP contribution in [0.2, 0.25) is 0 Å². The average Bonchev–Trinajstić information content (AvgIpc) is 3.43. The molecular weight excluding hydrogens is 416 g/mol. The summed E-state index contributed by atoms with van der Waals surface area (Å²) in [6.45, 7) is 4.05. The number of aromatic nitrogens is 3. The minimum absolute atomic E-state index is 0.337. The lowest BCUT2D eigenvalue weighted by Crippen LogP contribution is -2.29. The number of esters is 1. The van der Waals surface area contributed by atoms with Crippen LogP contribution in [0.3, 0.4) is 0 Å². The maximum absolute atomic E-state index is 12.5. The van der Waals surface area contributed by atoms with E-state index < -0.39 is 18.0 Å². The maximum atomic E-state index is 12.5. The van der Waals surface area contributed by atoms with Gasteiger partial charge in [-0.1, -0.05) is 0 Å². The summed E-state index contributed by atoms with van der Waals surface area (Å²) in [6, 6.07) is 12.5. The summed E-state index contributed by atoms with van der Waals surface area (Å²) in [5.74, 6) is -0.255. The van der Waals surface area contributed by atoms with Crippen molar-refractivity contribution in [2.75, 3.05) is 11.9 Å². The third kappa shape index (κ3) is 4.72. The van der Waals surface area contributed by atoms with E-state index in [-0.39, 0.29) is 0 Å². The largest absolute Gasteiger partial charge is 0.494 e. The Morgan fingerprint density at radius 3 is 2.77 bits per heavy atom. The molecular formula is C22H20N4O4S. The number of benzene rings is 2. The number of fused-ring (bicyclic) bond motifs is 1. The topological polar surface area (TPSA) is 106 Å². The Labute approximate surface area is 182 Å². The van der Waals surface area contributed by atoms with Gasteiger partial charge in [0.25, 0.3) is 5.91 Å². The molecule has 8 nitrogen and oxygen atoms in total. The van der Waals surface area contributed by atoms with Crippen LogP contribution >= 0.6 is 11.3 Å². The molecule has 2 aromatic heterocycles. The van der Waals surface area contributed by atoms with Crippen LogP contribution in [0.5, 0.6) is 5.75 Å². The second kappa shape index (κ2) is 8.97. The number of imidazole rings is 1. The number of amides is 1. The zero-order valence-electron chi connectivity index (χ0n) is 16.9. The maximum Gasteiger partial charge on any atom is 0.338 e. The van der Waals surface area contributed by atoms with Crippen molar-refractivity contribution in [3.05, 3.63) is 59.7 Å². The number of thiazole rings is 1. The molecule has 0 aliphatic rings. The van der Waals surface area contributed by atoms with Gasteiger partial charge in [-0.25, -0.2) is 14.8 Å². The number of nitrogens with zero attached hydrogens (tertiary/aromatic N) is 2. The first kappa shape index (κ1) is 20.5. The summed E-state index contributed by atoms with van der Waals surface area (Å²) in [7, 11) is 0. The number of aromatic amines is 1. The Morgan fingerprint density at radius 1 is 1.19 bits per heavy atom. The highest BCUT2D eigenvalue weighted by atomic mass is 32.1. The second-order valence-electron chi connectivity index (χ2n) is 6.67. The van der Waals surface area contributed by atoms with Crippen molar-refractivity contribution < 1.29 is 19.1 Å². The quantitative estimate of drug-likeness (QED) is 0.419. The van der Waals surface area contributed by atoms with E-state index in [9.17, 15) is 9.59 Å². The summed E-state index contributed by atoms with van der Waals surface area (Å²) in [6.07, 6.45) is 0.564. The van der Waals surface area contributed by atoms with E-state index in [1.54, 1.807) is 24.5 Å². The first-order valence-electron chi connectivity index (χ1n) is 9.67. The number of anilines is 1. The van der Waals surface area contributed by atoms with Crippen molar-refractivity contribution in [3.8, 4) is 17.0 Å². The lowest BCUT2D eigenvalue weighted by Gasteiger charge is -2.12. The fraction of sp³-hybridized carbons (Fsp3) is 0.182. The highest BCUT2D eigenvalue weighted by Gasteiger charge is 2.20. The third-order valence-electron chi connectivity index (χ3n) is 4.50. The van der Waals surface area contributed by atoms with E-state index in [1.807, 2.05) is 36.6 Å². The Kier molecular flexibility index (Phi) is 5.94. The van der Waals surface area contributed by atoms with Crippen molar-refractivity contribution in [1.29, 1.82) is 0 Å². The molecule has 2 heterocycles. The summed E-state index contributed by atoms with van der Waals surface area (Å²) < 4.78 is 10.7. The van der Waals surface area contributed by atoms with E-state index in [2.05, 4.69) is 20.3 Å². The number of carbonyl (C=O) groups excluding carboxylic acids is 2. The summed E-state index contributed by atoms with van der Waals surface area (Å²) in [5, 5.41) is 4.97. The first-order valence-corrected chi connectivity index (χ1v) is 10.5. The molecule has 2 N–H and O–H groups in total. The zero-order valence-corrected chi connectivity index (χ0v) is 17.7. The van der Waals surface area contributed by atoms with Crippen LogP contribution < -0.4 is 10.1 Å². The third-order valence-corrected chi connectivity index (χ3v) is 5.26. The van der Waals surface area contributed by atoms with Crippen LogP contribution in [0.1, 0.15) is 24.2 Å². The average molecular weight is 436 g/mol. The smallest absolute Gasteiger partial charge is 0.338 e. The van der Waals surface area contributed by atoms with Gasteiger partial charge >= 0.3 is 5.97 Å². The van der Waals surface area contributed by atoms with E-state index >= 15 is 0 Å².